The lowest BCUT2D eigenvalue weighted by atomic mass is 10.2. The first-order valence-corrected chi connectivity index (χ1v) is 7.98. The van der Waals surface area contributed by atoms with E-state index in [9.17, 15) is 9.18 Å². The van der Waals surface area contributed by atoms with E-state index in [4.69, 9.17) is 9.15 Å². The Morgan fingerprint density at radius 2 is 1.92 bits per heavy atom. The molecule has 1 N–H and O–H groups in total. The van der Waals surface area contributed by atoms with Gasteiger partial charge in [-0.1, -0.05) is 12.1 Å². The number of amides is 1. The monoisotopic (exact) mass is 339 g/mol. The second kappa shape index (κ2) is 8.15. The smallest absolute Gasteiger partial charge is 0.224 e. The number of halogens is 1. The normalized spacial score (nSPS) is 10.4. The Labute approximate surface area is 145 Å². The van der Waals surface area contributed by atoms with Gasteiger partial charge < -0.3 is 14.5 Å². The minimum Gasteiger partial charge on any atom is -0.489 e. The third kappa shape index (κ3) is 5.21. The van der Waals surface area contributed by atoms with E-state index in [1.54, 1.807) is 48.7 Å². The summed E-state index contributed by atoms with van der Waals surface area (Å²) in [6.07, 6.45) is 2.51. The lowest BCUT2D eigenvalue weighted by Crippen LogP contribution is -2.12. The van der Waals surface area contributed by atoms with Gasteiger partial charge in [0.2, 0.25) is 5.91 Å². The summed E-state index contributed by atoms with van der Waals surface area (Å²) in [7, 11) is 0. The van der Waals surface area contributed by atoms with Crippen molar-refractivity contribution >= 4 is 11.6 Å². The van der Waals surface area contributed by atoms with Crippen LogP contribution in [0.3, 0.4) is 0 Å². The highest BCUT2D eigenvalue weighted by Crippen LogP contribution is 2.18. The third-order valence-electron chi connectivity index (χ3n) is 3.61. The Morgan fingerprint density at radius 1 is 1.08 bits per heavy atom. The van der Waals surface area contributed by atoms with Crippen LogP contribution in [0.4, 0.5) is 10.1 Å². The number of rotatable bonds is 7. The number of furan rings is 1. The molecule has 128 valence electrons. The molecule has 3 rings (SSSR count). The summed E-state index contributed by atoms with van der Waals surface area (Å²) in [5, 5.41) is 2.83. The summed E-state index contributed by atoms with van der Waals surface area (Å²) in [6, 6.07) is 17.0. The topological polar surface area (TPSA) is 51.5 Å². The van der Waals surface area contributed by atoms with Crippen LogP contribution in [-0.4, -0.2) is 5.91 Å². The molecule has 1 amide bonds. The second-order valence-corrected chi connectivity index (χ2v) is 5.57. The SMILES string of the molecule is O=C(CCc1ccco1)Nc1ccc(OCc2cccc(F)c2)cc1. The highest BCUT2D eigenvalue weighted by atomic mass is 19.1. The first-order valence-electron chi connectivity index (χ1n) is 7.98. The molecule has 1 aromatic heterocycles. The summed E-state index contributed by atoms with van der Waals surface area (Å²) in [5.74, 6) is 1.08. The van der Waals surface area contributed by atoms with E-state index in [0.717, 1.165) is 11.3 Å². The standard InChI is InChI=1S/C20H18FNO3/c21-16-4-1-3-15(13-16)14-25-19-8-6-17(7-9-19)22-20(23)11-10-18-5-2-12-24-18/h1-9,12-13H,10-11,14H2,(H,22,23). The number of ether oxygens (including phenoxy) is 1. The van der Waals surface area contributed by atoms with Crippen LogP contribution in [-0.2, 0) is 17.8 Å². The molecule has 0 aliphatic rings. The quantitative estimate of drug-likeness (QED) is 0.686. The van der Waals surface area contributed by atoms with Crippen molar-refractivity contribution in [2.75, 3.05) is 5.32 Å². The number of carbonyl (C=O) groups excluding carboxylic acids is 1. The Bertz CT molecular complexity index is 813. The highest BCUT2D eigenvalue weighted by molar-refractivity contribution is 5.90. The van der Waals surface area contributed by atoms with Gasteiger partial charge in [-0.15, -0.1) is 0 Å². The van der Waals surface area contributed by atoms with E-state index in [2.05, 4.69) is 5.32 Å². The molecule has 0 aliphatic heterocycles. The van der Waals surface area contributed by atoms with Crippen molar-refractivity contribution in [2.24, 2.45) is 0 Å². The lowest BCUT2D eigenvalue weighted by Gasteiger charge is -2.08. The zero-order valence-corrected chi connectivity index (χ0v) is 13.6. The van der Waals surface area contributed by atoms with Crippen molar-refractivity contribution in [1.82, 2.24) is 0 Å². The van der Waals surface area contributed by atoms with Gasteiger partial charge in [-0.3, -0.25) is 4.79 Å². The number of aryl methyl sites for hydroxylation is 1. The molecule has 0 spiro atoms. The number of nitrogens with one attached hydrogen (secondary N) is 1. The number of hydrogen-bond acceptors (Lipinski definition) is 3. The van der Waals surface area contributed by atoms with Gasteiger partial charge in [-0.25, -0.2) is 4.39 Å². The Kier molecular flexibility index (Phi) is 5.46. The maximum absolute atomic E-state index is 13.1. The van der Waals surface area contributed by atoms with E-state index >= 15 is 0 Å². The Balaban J connectivity index is 1.47. The minimum absolute atomic E-state index is 0.0789. The van der Waals surface area contributed by atoms with Gasteiger partial charge in [0, 0.05) is 18.5 Å². The Morgan fingerprint density at radius 3 is 2.64 bits per heavy atom. The summed E-state index contributed by atoms with van der Waals surface area (Å²) in [4.78, 5) is 11.9. The molecule has 0 fully saturated rings. The van der Waals surface area contributed by atoms with Crippen LogP contribution in [0.1, 0.15) is 17.7 Å². The zero-order chi connectivity index (χ0) is 17.5. The van der Waals surface area contributed by atoms with Crippen LogP contribution >= 0.6 is 0 Å². The average molecular weight is 339 g/mol. The maximum atomic E-state index is 13.1. The summed E-state index contributed by atoms with van der Waals surface area (Å²) in [5.41, 5.74) is 1.46. The molecule has 0 bridgehead atoms. The van der Waals surface area contributed by atoms with Crippen LogP contribution < -0.4 is 10.1 Å². The summed E-state index contributed by atoms with van der Waals surface area (Å²) < 4.78 is 23.9. The lowest BCUT2D eigenvalue weighted by molar-refractivity contribution is -0.116. The summed E-state index contributed by atoms with van der Waals surface area (Å²) >= 11 is 0. The molecular formula is C20H18FNO3. The molecule has 0 atom stereocenters. The highest BCUT2D eigenvalue weighted by Gasteiger charge is 2.05. The molecule has 0 saturated heterocycles. The molecule has 0 unspecified atom stereocenters. The Hall–Kier alpha value is -3.08. The van der Waals surface area contributed by atoms with Crippen molar-refractivity contribution in [3.63, 3.8) is 0 Å². The molecule has 0 aliphatic carbocycles. The predicted molar refractivity (Wildman–Crippen MR) is 92.8 cm³/mol. The molecular weight excluding hydrogens is 321 g/mol. The molecule has 0 saturated carbocycles. The van der Waals surface area contributed by atoms with Crippen LogP contribution in [0.2, 0.25) is 0 Å². The average Bonchev–Trinajstić information content (AvgIpc) is 3.13. The summed E-state index contributed by atoms with van der Waals surface area (Å²) in [6.45, 7) is 0.284. The van der Waals surface area contributed by atoms with Crippen LogP contribution in [0.5, 0.6) is 5.75 Å². The van der Waals surface area contributed by atoms with Gasteiger partial charge in [0.1, 0.15) is 23.9 Å². The van der Waals surface area contributed by atoms with Crippen molar-refractivity contribution in [3.8, 4) is 5.75 Å². The molecule has 4 nitrogen and oxygen atoms in total. The van der Waals surface area contributed by atoms with Gasteiger partial charge in [0.05, 0.1) is 6.26 Å². The first kappa shape index (κ1) is 16.8. The van der Waals surface area contributed by atoms with E-state index in [0.29, 0.717) is 24.3 Å². The number of hydrogen-bond donors (Lipinski definition) is 1. The molecule has 2 aromatic carbocycles. The fraction of sp³-hybridized carbons (Fsp3) is 0.150. The first-order chi connectivity index (χ1) is 12.2. The number of carbonyl (C=O) groups is 1. The van der Waals surface area contributed by atoms with Crippen molar-refractivity contribution < 1.29 is 18.3 Å². The molecule has 25 heavy (non-hydrogen) atoms. The van der Waals surface area contributed by atoms with Gasteiger partial charge in [0.25, 0.3) is 0 Å². The largest absolute Gasteiger partial charge is 0.489 e. The van der Waals surface area contributed by atoms with Crippen molar-refractivity contribution in [2.45, 2.75) is 19.4 Å². The zero-order valence-electron chi connectivity index (χ0n) is 13.6. The minimum atomic E-state index is -0.284. The molecule has 3 aromatic rings. The van der Waals surface area contributed by atoms with Crippen molar-refractivity contribution in [3.05, 3.63) is 84.1 Å². The fourth-order valence-electron chi connectivity index (χ4n) is 2.34. The maximum Gasteiger partial charge on any atom is 0.224 e. The molecule has 5 heteroatoms. The van der Waals surface area contributed by atoms with E-state index in [1.807, 2.05) is 6.07 Å². The molecule has 0 radical (unpaired) electrons. The second-order valence-electron chi connectivity index (χ2n) is 5.57. The van der Waals surface area contributed by atoms with Gasteiger partial charge in [-0.2, -0.15) is 0 Å². The van der Waals surface area contributed by atoms with E-state index in [1.165, 1.54) is 12.1 Å². The van der Waals surface area contributed by atoms with Crippen LogP contribution in [0.25, 0.3) is 0 Å². The predicted octanol–water partition coefficient (Wildman–Crippen LogP) is 4.57. The van der Waals surface area contributed by atoms with Crippen molar-refractivity contribution in [1.29, 1.82) is 0 Å². The van der Waals surface area contributed by atoms with Gasteiger partial charge in [-0.05, 0) is 54.1 Å². The third-order valence-corrected chi connectivity index (χ3v) is 3.61. The van der Waals surface area contributed by atoms with Crippen LogP contribution in [0, 0.1) is 5.82 Å². The van der Waals surface area contributed by atoms with Crippen LogP contribution in [0.15, 0.2) is 71.3 Å². The number of benzene rings is 2. The van der Waals surface area contributed by atoms with Gasteiger partial charge in [0.15, 0.2) is 0 Å². The van der Waals surface area contributed by atoms with E-state index < -0.39 is 0 Å². The number of anilines is 1. The fourth-order valence-corrected chi connectivity index (χ4v) is 2.34. The van der Waals surface area contributed by atoms with Gasteiger partial charge >= 0.3 is 0 Å². The molecule has 1 heterocycles. The van der Waals surface area contributed by atoms with E-state index in [-0.39, 0.29) is 18.3 Å².